The molecule has 1 atom stereocenters. The number of halogens is 1. The number of ketones is 1. The lowest BCUT2D eigenvalue weighted by Gasteiger charge is -2.20. The third-order valence-electron chi connectivity index (χ3n) is 4.29. The summed E-state index contributed by atoms with van der Waals surface area (Å²) in [6.07, 6.45) is 0.991. The van der Waals surface area contributed by atoms with Crippen molar-refractivity contribution in [2.24, 2.45) is 0 Å². The fourth-order valence-corrected chi connectivity index (χ4v) is 3.23. The molecule has 0 bridgehead atoms. The van der Waals surface area contributed by atoms with Crippen LogP contribution in [-0.4, -0.2) is 24.9 Å². The minimum absolute atomic E-state index is 0.00505. The van der Waals surface area contributed by atoms with Gasteiger partial charge >= 0.3 is 0 Å². The SMILES string of the molecule is CC(=O)c1ccc(C#N)c(NC2CCN(c3ccc(Br)cc3)C2)c1. The Labute approximate surface area is 150 Å². The fraction of sp³-hybridized carbons (Fsp3) is 0.263. The summed E-state index contributed by atoms with van der Waals surface area (Å²) in [4.78, 5) is 13.9. The summed E-state index contributed by atoms with van der Waals surface area (Å²) in [5, 5.41) is 12.7. The van der Waals surface area contributed by atoms with Gasteiger partial charge in [0.25, 0.3) is 0 Å². The van der Waals surface area contributed by atoms with Crippen molar-refractivity contribution in [2.45, 2.75) is 19.4 Å². The van der Waals surface area contributed by atoms with Crippen LogP contribution in [0.3, 0.4) is 0 Å². The van der Waals surface area contributed by atoms with Crippen molar-refractivity contribution < 1.29 is 4.79 Å². The number of hydrogen-bond donors (Lipinski definition) is 1. The third-order valence-corrected chi connectivity index (χ3v) is 4.81. The number of benzene rings is 2. The number of Topliss-reactive ketones (excluding diaryl/α,β-unsaturated/α-hetero) is 1. The minimum Gasteiger partial charge on any atom is -0.379 e. The summed E-state index contributed by atoms with van der Waals surface area (Å²) in [7, 11) is 0. The zero-order valence-electron chi connectivity index (χ0n) is 13.4. The molecule has 1 aliphatic heterocycles. The van der Waals surface area contributed by atoms with Gasteiger partial charge in [0.15, 0.2) is 5.78 Å². The summed E-state index contributed by atoms with van der Waals surface area (Å²) >= 11 is 3.46. The van der Waals surface area contributed by atoms with E-state index in [0.29, 0.717) is 11.1 Å². The highest BCUT2D eigenvalue weighted by Gasteiger charge is 2.23. The van der Waals surface area contributed by atoms with Crippen molar-refractivity contribution in [2.75, 3.05) is 23.3 Å². The molecule has 5 heteroatoms. The Morgan fingerprint density at radius 3 is 2.71 bits per heavy atom. The first-order chi connectivity index (χ1) is 11.6. The number of nitrogens with zero attached hydrogens (tertiary/aromatic N) is 2. The lowest BCUT2D eigenvalue weighted by atomic mass is 10.1. The topological polar surface area (TPSA) is 56.1 Å². The molecule has 4 nitrogen and oxygen atoms in total. The highest BCUT2D eigenvalue weighted by molar-refractivity contribution is 9.10. The smallest absolute Gasteiger partial charge is 0.159 e. The second kappa shape index (κ2) is 7.06. The summed E-state index contributed by atoms with van der Waals surface area (Å²) in [5.74, 6) is 0.00505. The number of carbonyl (C=O) groups is 1. The Morgan fingerprint density at radius 1 is 1.29 bits per heavy atom. The fourth-order valence-electron chi connectivity index (χ4n) is 2.96. The van der Waals surface area contributed by atoms with E-state index >= 15 is 0 Å². The number of hydrogen-bond acceptors (Lipinski definition) is 4. The van der Waals surface area contributed by atoms with Gasteiger partial charge in [-0.2, -0.15) is 5.26 Å². The lowest BCUT2D eigenvalue weighted by Crippen LogP contribution is -2.26. The van der Waals surface area contributed by atoms with E-state index in [9.17, 15) is 10.1 Å². The molecule has 2 aromatic carbocycles. The Hall–Kier alpha value is -2.32. The summed E-state index contributed by atoms with van der Waals surface area (Å²) in [6, 6.07) is 15.9. The van der Waals surface area contributed by atoms with E-state index in [1.165, 1.54) is 12.6 Å². The van der Waals surface area contributed by atoms with Crippen LogP contribution in [0.25, 0.3) is 0 Å². The predicted molar refractivity (Wildman–Crippen MR) is 99.5 cm³/mol. The summed E-state index contributed by atoms with van der Waals surface area (Å²) < 4.78 is 1.07. The van der Waals surface area contributed by atoms with E-state index in [4.69, 9.17) is 0 Å². The Morgan fingerprint density at radius 2 is 2.04 bits per heavy atom. The molecule has 1 saturated heterocycles. The average Bonchev–Trinajstić information content (AvgIpc) is 3.04. The first-order valence-electron chi connectivity index (χ1n) is 7.89. The number of rotatable bonds is 4. The van der Waals surface area contributed by atoms with Crippen LogP contribution < -0.4 is 10.2 Å². The first kappa shape index (κ1) is 16.5. The van der Waals surface area contributed by atoms with Crippen molar-refractivity contribution >= 4 is 33.1 Å². The molecule has 1 N–H and O–H groups in total. The quantitative estimate of drug-likeness (QED) is 0.803. The maximum atomic E-state index is 11.6. The normalized spacial score (nSPS) is 16.7. The van der Waals surface area contributed by atoms with Crippen molar-refractivity contribution in [3.63, 3.8) is 0 Å². The molecule has 122 valence electrons. The largest absolute Gasteiger partial charge is 0.379 e. The van der Waals surface area contributed by atoms with Gasteiger partial charge in [0, 0.05) is 34.9 Å². The highest BCUT2D eigenvalue weighted by atomic mass is 79.9. The van der Waals surface area contributed by atoms with Gasteiger partial charge in [-0.3, -0.25) is 4.79 Å². The minimum atomic E-state index is 0.00505. The van der Waals surface area contributed by atoms with Gasteiger partial charge in [-0.25, -0.2) is 0 Å². The molecule has 0 amide bonds. The van der Waals surface area contributed by atoms with Crippen LogP contribution in [0, 0.1) is 11.3 Å². The zero-order valence-corrected chi connectivity index (χ0v) is 15.0. The number of nitriles is 1. The van der Waals surface area contributed by atoms with Gasteiger partial charge in [-0.1, -0.05) is 15.9 Å². The first-order valence-corrected chi connectivity index (χ1v) is 8.68. The Bertz CT molecular complexity index is 795. The second-order valence-corrected chi connectivity index (χ2v) is 6.90. The Kier molecular flexibility index (Phi) is 4.86. The van der Waals surface area contributed by atoms with E-state index in [-0.39, 0.29) is 11.8 Å². The summed E-state index contributed by atoms with van der Waals surface area (Å²) in [6.45, 7) is 3.38. The van der Waals surface area contributed by atoms with Crippen LogP contribution in [0.15, 0.2) is 46.9 Å². The molecule has 0 radical (unpaired) electrons. The van der Waals surface area contributed by atoms with Crippen LogP contribution in [0.5, 0.6) is 0 Å². The molecule has 1 aliphatic rings. The van der Waals surface area contributed by atoms with Gasteiger partial charge in [0.05, 0.1) is 11.3 Å². The van der Waals surface area contributed by atoms with E-state index in [1.807, 2.05) is 12.1 Å². The van der Waals surface area contributed by atoms with Crippen molar-refractivity contribution in [3.8, 4) is 6.07 Å². The van der Waals surface area contributed by atoms with Gasteiger partial charge in [0.2, 0.25) is 0 Å². The van der Waals surface area contributed by atoms with Crippen LogP contribution in [0.1, 0.15) is 29.3 Å². The molecular weight excluding hydrogens is 366 g/mol. The van der Waals surface area contributed by atoms with Gasteiger partial charge in [-0.15, -0.1) is 0 Å². The molecule has 0 spiro atoms. The van der Waals surface area contributed by atoms with Crippen LogP contribution in [0.4, 0.5) is 11.4 Å². The summed E-state index contributed by atoms with van der Waals surface area (Å²) in [5.41, 5.74) is 3.13. The molecule has 1 heterocycles. The standard InChI is InChI=1S/C19H18BrN3O/c1-13(24)14-2-3-15(11-21)19(10-14)22-17-8-9-23(12-17)18-6-4-16(20)5-7-18/h2-7,10,17,22H,8-9,12H2,1H3. The van der Waals surface area contributed by atoms with Crippen LogP contribution in [-0.2, 0) is 0 Å². The maximum Gasteiger partial charge on any atom is 0.159 e. The molecule has 24 heavy (non-hydrogen) atoms. The van der Waals surface area contributed by atoms with Gasteiger partial charge < -0.3 is 10.2 Å². The molecule has 0 aromatic heterocycles. The van der Waals surface area contributed by atoms with Crippen molar-refractivity contribution in [1.82, 2.24) is 0 Å². The number of nitrogens with one attached hydrogen (secondary N) is 1. The van der Waals surface area contributed by atoms with E-state index in [0.717, 1.165) is 29.7 Å². The molecular formula is C19H18BrN3O. The number of anilines is 2. The third kappa shape index (κ3) is 3.60. The van der Waals surface area contributed by atoms with E-state index < -0.39 is 0 Å². The molecule has 1 unspecified atom stereocenters. The molecule has 0 aliphatic carbocycles. The molecule has 1 fully saturated rings. The van der Waals surface area contributed by atoms with Gasteiger partial charge in [-0.05, 0) is 55.8 Å². The number of carbonyl (C=O) groups excluding carboxylic acids is 1. The maximum absolute atomic E-state index is 11.6. The van der Waals surface area contributed by atoms with E-state index in [1.54, 1.807) is 18.2 Å². The van der Waals surface area contributed by atoms with E-state index in [2.05, 4.69) is 44.3 Å². The molecule has 2 aromatic rings. The van der Waals surface area contributed by atoms with Crippen molar-refractivity contribution in [3.05, 3.63) is 58.1 Å². The molecule has 0 saturated carbocycles. The van der Waals surface area contributed by atoms with Crippen molar-refractivity contribution in [1.29, 1.82) is 5.26 Å². The monoisotopic (exact) mass is 383 g/mol. The van der Waals surface area contributed by atoms with Gasteiger partial charge in [0.1, 0.15) is 6.07 Å². The highest BCUT2D eigenvalue weighted by Crippen LogP contribution is 2.25. The predicted octanol–water partition coefficient (Wildman–Crippen LogP) is 4.21. The Balaban J connectivity index is 1.73. The van der Waals surface area contributed by atoms with Crippen LogP contribution in [0.2, 0.25) is 0 Å². The lowest BCUT2D eigenvalue weighted by molar-refractivity contribution is 0.101. The zero-order chi connectivity index (χ0) is 17.1. The average molecular weight is 384 g/mol. The second-order valence-electron chi connectivity index (χ2n) is 5.98. The molecule has 3 rings (SSSR count). The van der Waals surface area contributed by atoms with Crippen LogP contribution >= 0.6 is 15.9 Å².